The van der Waals surface area contributed by atoms with Gasteiger partial charge in [0.25, 0.3) is 0 Å². The summed E-state index contributed by atoms with van der Waals surface area (Å²) in [4.78, 5) is 7.32. The normalized spacial score (nSPS) is 18.9. The summed E-state index contributed by atoms with van der Waals surface area (Å²) in [5.41, 5.74) is 8.02. The second-order valence-electron chi connectivity index (χ2n) is 7.53. The Morgan fingerprint density at radius 2 is 1.33 bits per heavy atom. The second-order valence-corrected chi connectivity index (χ2v) is 7.53. The first-order valence-corrected chi connectivity index (χ1v) is 9.59. The molecule has 0 amide bonds. The summed E-state index contributed by atoms with van der Waals surface area (Å²) in [6.45, 7) is 7.48. The minimum Gasteiger partial charge on any atom is -0.349 e. The molecule has 1 aliphatic rings. The van der Waals surface area contributed by atoms with Crippen molar-refractivity contribution in [2.75, 3.05) is 0 Å². The van der Waals surface area contributed by atoms with Crippen LogP contribution in [0.15, 0.2) is 77.8 Å². The summed E-state index contributed by atoms with van der Waals surface area (Å²) in [5, 5.41) is 0. The van der Waals surface area contributed by atoms with E-state index in [9.17, 15) is 0 Å². The van der Waals surface area contributed by atoms with E-state index >= 15 is 0 Å². The average molecular weight is 354 g/mol. The van der Waals surface area contributed by atoms with Crippen molar-refractivity contribution < 1.29 is 0 Å². The molecule has 0 N–H and O–H groups in total. The molecule has 1 heterocycles. The quantitative estimate of drug-likeness (QED) is 0.566. The second kappa shape index (κ2) is 7.40. The molecule has 4 rings (SSSR count). The van der Waals surface area contributed by atoms with E-state index in [1.165, 1.54) is 33.4 Å². The number of nitrogens with zero attached hydrogens (tertiary/aromatic N) is 2. The number of hydrogen-bond acceptors (Lipinski definition) is 2. The van der Waals surface area contributed by atoms with Crippen LogP contribution in [-0.4, -0.2) is 11.2 Å². The van der Waals surface area contributed by atoms with Gasteiger partial charge < -0.3 is 4.90 Å². The SMILES string of the molecule is Cc1cc(C)c(CN2C=NC(c3ccccc3)C2c2ccccc2)c(C)c1. The van der Waals surface area contributed by atoms with E-state index in [0.717, 1.165) is 6.54 Å². The van der Waals surface area contributed by atoms with Gasteiger partial charge in [-0.1, -0.05) is 78.4 Å². The van der Waals surface area contributed by atoms with Crippen LogP contribution in [0.5, 0.6) is 0 Å². The lowest BCUT2D eigenvalue weighted by Gasteiger charge is -2.30. The summed E-state index contributed by atoms with van der Waals surface area (Å²) in [6.07, 6.45) is 2.05. The molecule has 0 saturated carbocycles. The van der Waals surface area contributed by atoms with Crippen LogP contribution < -0.4 is 0 Å². The van der Waals surface area contributed by atoms with Gasteiger partial charge in [0.15, 0.2) is 0 Å². The van der Waals surface area contributed by atoms with E-state index in [1.807, 2.05) is 6.34 Å². The molecular weight excluding hydrogens is 328 g/mol. The lowest BCUT2D eigenvalue weighted by atomic mass is 9.92. The lowest BCUT2D eigenvalue weighted by Crippen LogP contribution is -2.26. The van der Waals surface area contributed by atoms with E-state index in [2.05, 4.69) is 98.5 Å². The van der Waals surface area contributed by atoms with E-state index in [-0.39, 0.29) is 12.1 Å². The fraction of sp³-hybridized carbons (Fsp3) is 0.240. The molecule has 2 heteroatoms. The van der Waals surface area contributed by atoms with Crippen molar-refractivity contribution in [2.45, 2.75) is 39.4 Å². The molecule has 0 spiro atoms. The van der Waals surface area contributed by atoms with E-state index < -0.39 is 0 Å². The highest BCUT2D eigenvalue weighted by atomic mass is 15.2. The molecule has 1 aliphatic heterocycles. The molecule has 0 aliphatic carbocycles. The summed E-state index contributed by atoms with van der Waals surface area (Å²) in [5.74, 6) is 0. The van der Waals surface area contributed by atoms with Gasteiger partial charge in [0.2, 0.25) is 0 Å². The highest BCUT2D eigenvalue weighted by Crippen LogP contribution is 2.41. The molecule has 2 unspecified atom stereocenters. The Kier molecular flexibility index (Phi) is 4.81. The van der Waals surface area contributed by atoms with Gasteiger partial charge in [-0.05, 0) is 48.6 Å². The summed E-state index contributed by atoms with van der Waals surface area (Å²) in [7, 11) is 0. The smallest absolute Gasteiger partial charge is 0.101 e. The van der Waals surface area contributed by atoms with Gasteiger partial charge >= 0.3 is 0 Å². The van der Waals surface area contributed by atoms with E-state index in [4.69, 9.17) is 4.99 Å². The maximum atomic E-state index is 4.92. The summed E-state index contributed by atoms with van der Waals surface area (Å²) < 4.78 is 0. The molecule has 0 fully saturated rings. The fourth-order valence-corrected chi connectivity index (χ4v) is 4.22. The zero-order valence-electron chi connectivity index (χ0n) is 16.3. The molecule has 0 bridgehead atoms. The van der Waals surface area contributed by atoms with Crippen molar-refractivity contribution in [3.05, 3.63) is 106 Å². The van der Waals surface area contributed by atoms with Gasteiger partial charge in [-0.15, -0.1) is 0 Å². The maximum absolute atomic E-state index is 4.92. The van der Waals surface area contributed by atoms with Crippen LogP contribution in [0, 0.1) is 20.8 Å². The van der Waals surface area contributed by atoms with Crippen molar-refractivity contribution in [3.63, 3.8) is 0 Å². The third-order valence-electron chi connectivity index (χ3n) is 5.50. The first kappa shape index (κ1) is 17.5. The highest BCUT2D eigenvalue weighted by molar-refractivity contribution is 5.61. The molecule has 136 valence electrons. The molecule has 3 aromatic rings. The standard InChI is InChI=1S/C25H26N2/c1-18-14-19(2)23(20(3)15-18)16-27-17-26-24(21-10-6-4-7-11-21)25(27)22-12-8-5-9-13-22/h4-15,17,24-25H,16H2,1-3H3. The summed E-state index contributed by atoms with van der Waals surface area (Å²) in [6, 6.07) is 26.3. The lowest BCUT2D eigenvalue weighted by molar-refractivity contribution is 0.309. The third kappa shape index (κ3) is 3.52. The van der Waals surface area contributed by atoms with Crippen LogP contribution in [-0.2, 0) is 6.54 Å². The maximum Gasteiger partial charge on any atom is 0.101 e. The molecule has 27 heavy (non-hydrogen) atoms. The predicted molar refractivity (Wildman–Crippen MR) is 113 cm³/mol. The van der Waals surface area contributed by atoms with Crippen LogP contribution in [0.2, 0.25) is 0 Å². The first-order valence-electron chi connectivity index (χ1n) is 9.59. The zero-order valence-corrected chi connectivity index (χ0v) is 16.3. The predicted octanol–water partition coefficient (Wildman–Crippen LogP) is 5.94. The number of aliphatic imine (C=N–C) groups is 1. The minimum atomic E-state index is 0.125. The third-order valence-corrected chi connectivity index (χ3v) is 5.50. The number of hydrogen-bond donors (Lipinski definition) is 0. The van der Waals surface area contributed by atoms with E-state index in [0.29, 0.717) is 0 Å². The average Bonchev–Trinajstić information content (AvgIpc) is 3.10. The Hall–Kier alpha value is -2.87. The van der Waals surface area contributed by atoms with Crippen LogP contribution in [0.1, 0.15) is 45.5 Å². The van der Waals surface area contributed by atoms with E-state index in [1.54, 1.807) is 0 Å². The molecule has 2 atom stereocenters. The van der Waals surface area contributed by atoms with Crippen LogP contribution in [0.3, 0.4) is 0 Å². The van der Waals surface area contributed by atoms with Gasteiger partial charge in [0.05, 0.1) is 12.4 Å². The number of aryl methyl sites for hydroxylation is 3. The monoisotopic (exact) mass is 354 g/mol. The fourth-order valence-electron chi connectivity index (χ4n) is 4.22. The van der Waals surface area contributed by atoms with Gasteiger partial charge in [0.1, 0.15) is 6.04 Å². The van der Waals surface area contributed by atoms with Gasteiger partial charge in [0, 0.05) is 6.54 Å². The van der Waals surface area contributed by atoms with Crippen LogP contribution in [0.4, 0.5) is 0 Å². The van der Waals surface area contributed by atoms with Crippen LogP contribution >= 0.6 is 0 Å². The van der Waals surface area contributed by atoms with Crippen molar-refractivity contribution in [2.24, 2.45) is 4.99 Å². The molecule has 0 radical (unpaired) electrons. The Morgan fingerprint density at radius 3 is 1.93 bits per heavy atom. The molecule has 0 saturated heterocycles. The zero-order chi connectivity index (χ0) is 18.8. The minimum absolute atomic E-state index is 0.125. The Morgan fingerprint density at radius 1 is 0.778 bits per heavy atom. The van der Waals surface area contributed by atoms with Crippen molar-refractivity contribution in [1.29, 1.82) is 0 Å². The first-order chi connectivity index (χ1) is 13.1. The van der Waals surface area contributed by atoms with Crippen molar-refractivity contribution in [3.8, 4) is 0 Å². The van der Waals surface area contributed by atoms with Gasteiger partial charge in [-0.3, -0.25) is 4.99 Å². The molecule has 0 aromatic heterocycles. The molecular formula is C25H26N2. The van der Waals surface area contributed by atoms with Crippen LogP contribution in [0.25, 0.3) is 0 Å². The Balaban J connectivity index is 1.71. The van der Waals surface area contributed by atoms with Crippen molar-refractivity contribution in [1.82, 2.24) is 4.90 Å². The topological polar surface area (TPSA) is 15.6 Å². The number of rotatable bonds is 4. The Labute approximate surface area is 162 Å². The van der Waals surface area contributed by atoms with Gasteiger partial charge in [-0.25, -0.2) is 0 Å². The highest BCUT2D eigenvalue weighted by Gasteiger charge is 2.33. The molecule has 2 nitrogen and oxygen atoms in total. The van der Waals surface area contributed by atoms with Gasteiger partial charge in [-0.2, -0.15) is 0 Å². The number of benzene rings is 3. The Bertz CT molecular complexity index is 922. The molecule has 3 aromatic carbocycles. The largest absolute Gasteiger partial charge is 0.349 e. The summed E-state index contributed by atoms with van der Waals surface area (Å²) >= 11 is 0. The van der Waals surface area contributed by atoms with Crippen molar-refractivity contribution >= 4 is 6.34 Å².